The molecule has 0 aliphatic rings. The summed E-state index contributed by atoms with van der Waals surface area (Å²) in [6.07, 6.45) is -1.09. The van der Waals surface area contributed by atoms with E-state index in [0.29, 0.717) is 21.5 Å². The van der Waals surface area contributed by atoms with E-state index >= 15 is 0 Å². The molecule has 36 heavy (non-hydrogen) atoms. The lowest BCUT2D eigenvalue weighted by atomic mass is 10.2. The van der Waals surface area contributed by atoms with Gasteiger partial charge in [0.05, 0.1) is 0 Å². The van der Waals surface area contributed by atoms with Crippen LogP contribution in [-0.4, -0.2) is 34.4 Å². The normalized spacial score (nSPS) is 11.9. The molecule has 0 radical (unpaired) electrons. The van der Waals surface area contributed by atoms with Gasteiger partial charge in [-0.05, 0) is 60.2 Å². The SMILES string of the molecule is CCC(C(=O)O)N(CP(=S)(Oc1cccc(Cl)c1)Oc1cccc(Cl)c1)C(=O)OCc1ccccc1. The molecule has 0 spiro atoms. The smallest absolute Gasteiger partial charge is 0.411 e. The summed E-state index contributed by atoms with van der Waals surface area (Å²) < 4.78 is 17.6. The third-order valence-electron chi connectivity index (χ3n) is 4.89. The lowest BCUT2D eigenvalue weighted by Gasteiger charge is -2.32. The average Bonchev–Trinajstić information content (AvgIpc) is 2.82. The van der Waals surface area contributed by atoms with Gasteiger partial charge >= 0.3 is 18.6 Å². The van der Waals surface area contributed by atoms with E-state index < -0.39 is 24.6 Å². The zero-order valence-corrected chi connectivity index (χ0v) is 22.5. The molecule has 1 amide bonds. The predicted octanol–water partition coefficient (Wildman–Crippen LogP) is 7.22. The van der Waals surface area contributed by atoms with Crippen molar-refractivity contribution in [3.05, 3.63) is 94.5 Å². The van der Waals surface area contributed by atoms with E-state index in [4.69, 9.17) is 48.8 Å². The molecule has 0 fully saturated rings. The Kier molecular flexibility index (Phi) is 10.0. The lowest BCUT2D eigenvalue weighted by molar-refractivity contribution is -0.142. The molecular formula is C25H24Cl2NO6PS. The van der Waals surface area contributed by atoms with Gasteiger partial charge in [0.25, 0.3) is 0 Å². The van der Waals surface area contributed by atoms with Gasteiger partial charge in [0, 0.05) is 10.0 Å². The summed E-state index contributed by atoms with van der Waals surface area (Å²) in [5.74, 6) is -0.580. The van der Waals surface area contributed by atoms with Crippen LogP contribution < -0.4 is 9.05 Å². The number of carbonyl (C=O) groups excluding carboxylic acids is 1. The van der Waals surface area contributed by atoms with E-state index in [1.807, 2.05) is 18.2 Å². The average molecular weight is 568 g/mol. The minimum Gasteiger partial charge on any atom is -0.480 e. The van der Waals surface area contributed by atoms with Crippen molar-refractivity contribution < 1.29 is 28.5 Å². The number of hydrogen-bond acceptors (Lipinski definition) is 6. The first kappa shape index (κ1) is 27.8. The third kappa shape index (κ3) is 8.14. The highest BCUT2D eigenvalue weighted by Gasteiger charge is 2.37. The fraction of sp³-hybridized carbons (Fsp3) is 0.200. The standard InChI is InChI=1S/C25H24Cl2NO6PS/c1-2-23(24(29)30)28(25(31)32-16-18-8-4-3-5-9-18)17-35(36,33-21-12-6-10-19(26)14-21)34-22-13-7-11-20(27)15-22/h3-15,23H,2,16-17H2,1H3,(H,29,30). The fourth-order valence-electron chi connectivity index (χ4n) is 3.25. The van der Waals surface area contributed by atoms with Crippen molar-refractivity contribution in [1.29, 1.82) is 0 Å². The van der Waals surface area contributed by atoms with Crippen molar-refractivity contribution in [2.75, 3.05) is 6.29 Å². The van der Waals surface area contributed by atoms with Crippen LogP contribution in [0.25, 0.3) is 0 Å². The molecule has 0 aromatic heterocycles. The zero-order valence-electron chi connectivity index (χ0n) is 19.3. The van der Waals surface area contributed by atoms with Crippen LogP contribution in [0.1, 0.15) is 18.9 Å². The van der Waals surface area contributed by atoms with Gasteiger partial charge in [-0.15, -0.1) is 0 Å². The summed E-state index contributed by atoms with van der Waals surface area (Å²) in [6, 6.07) is 20.9. The summed E-state index contributed by atoms with van der Waals surface area (Å²) in [4.78, 5) is 26.3. The number of benzene rings is 3. The monoisotopic (exact) mass is 567 g/mol. The van der Waals surface area contributed by atoms with Gasteiger partial charge in [-0.25, -0.2) is 9.59 Å². The Bertz CT molecular complexity index is 1190. The second kappa shape index (κ2) is 13.0. The second-order valence-corrected chi connectivity index (χ2v) is 12.0. The lowest BCUT2D eigenvalue weighted by Crippen LogP contribution is -2.46. The van der Waals surface area contributed by atoms with Crippen molar-refractivity contribution in [2.45, 2.75) is 26.0 Å². The summed E-state index contributed by atoms with van der Waals surface area (Å²) in [6.45, 7) is -1.83. The highest BCUT2D eigenvalue weighted by molar-refractivity contribution is 8.10. The maximum Gasteiger partial charge on any atom is 0.411 e. The highest BCUT2D eigenvalue weighted by Crippen LogP contribution is 2.50. The molecule has 7 nitrogen and oxygen atoms in total. The van der Waals surface area contributed by atoms with E-state index in [1.165, 1.54) is 0 Å². The van der Waals surface area contributed by atoms with Gasteiger partial charge in [0.2, 0.25) is 0 Å². The Hall–Kier alpha value is -2.77. The minimum atomic E-state index is -3.44. The Morgan fingerprint density at radius 1 is 0.944 bits per heavy atom. The largest absolute Gasteiger partial charge is 0.480 e. The summed E-state index contributed by atoms with van der Waals surface area (Å²) in [5, 5.41) is 10.7. The van der Waals surface area contributed by atoms with Gasteiger partial charge in [-0.3, -0.25) is 4.90 Å². The molecule has 1 unspecified atom stereocenters. The fourth-order valence-corrected chi connectivity index (χ4v) is 6.20. The molecule has 0 aliphatic heterocycles. The van der Waals surface area contributed by atoms with Crippen LogP contribution >= 0.6 is 29.7 Å². The molecule has 0 saturated carbocycles. The predicted molar refractivity (Wildman–Crippen MR) is 143 cm³/mol. The zero-order chi connectivity index (χ0) is 26.1. The number of carbonyl (C=O) groups is 2. The Labute approximate surface area is 224 Å². The first-order chi connectivity index (χ1) is 17.2. The highest BCUT2D eigenvalue weighted by atomic mass is 35.5. The number of nitrogens with zero attached hydrogens (tertiary/aromatic N) is 1. The van der Waals surface area contributed by atoms with Gasteiger partial charge in [-0.2, -0.15) is 0 Å². The maximum absolute atomic E-state index is 13.2. The van der Waals surface area contributed by atoms with Gasteiger partial charge in [0.15, 0.2) is 0 Å². The van der Waals surface area contributed by atoms with E-state index in [-0.39, 0.29) is 19.3 Å². The maximum atomic E-state index is 13.2. The van der Waals surface area contributed by atoms with Crippen LogP contribution in [0.2, 0.25) is 10.0 Å². The van der Waals surface area contributed by atoms with Crippen LogP contribution in [0, 0.1) is 0 Å². The number of carboxylic acids is 1. The number of hydrogen-bond donors (Lipinski definition) is 1. The molecule has 3 rings (SSSR count). The van der Waals surface area contributed by atoms with Crippen LogP contribution in [0.5, 0.6) is 11.5 Å². The van der Waals surface area contributed by atoms with E-state index in [1.54, 1.807) is 67.6 Å². The van der Waals surface area contributed by atoms with E-state index in [2.05, 4.69) is 0 Å². The molecule has 0 aliphatic carbocycles. The first-order valence-electron chi connectivity index (χ1n) is 10.9. The number of ether oxygens (including phenoxy) is 1. The Morgan fingerprint density at radius 3 is 1.97 bits per heavy atom. The molecule has 11 heteroatoms. The minimum absolute atomic E-state index is 0.0423. The molecule has 1 N–H and O–H groups in total. The molecule has 0 heterocycles. The van der Waals surface area contributed by atoms with Crippen molar-refractivity contribution in [3.63, 3.8) is 0 Å². The van der Waals surface area contributed by atoms with Crippen LogP contribution in [0.15, 0.2) is 78.9 Å². The number of halogens is 2. The summed E-state index contributed by atoms with van der Waals surface area (Å²) in [5.41, 5.74) is 0.749. The molecule has 0 bridgehead atoms. The first-order valence-corrected chi connectivity index (χ1v) is 14.5. The van der Waals surface area contributed by atoms with Crippen LogP contribution in [0.4, 0.5) is 4.79 Å². The van der Waals surface area contributed by atoms with Gasteiger partial charge < -0.3 is 18.9 Å². The third-order valence-corrected chi connectivity index (χ3v) is 7.79. The van der Waals surface area contributed by atoms with E-state index in [9.17, 15) is 14.7 Å². The summed E-state index contributed by atoms with van der Waals surface area (Å²) in [7, 11) is 0. The van der Waals surface area contributed by atoms with Crippen molar-refractivity contribution in [1.82, 2.24) is 4.90 Å². The molecule has 3 aromatic rings. The Balaban J connectivity index is 1.93. The topological polar surface area (TPSA) is 85.3 Å². The molecule has 3 aromatic carbocycles. The molecule has 1 atom stereocenters. The molecule has 0 saturated heterocycles. The number of carboxylic acid groups (broad SMARTS) is 1. The number of amides is 1. The van der Waals surface area contributed by atoms with Crippen molar-refractivity contribution in [2.24, 2.45) is 0 Å². The van der Waals surface area contributed by atoms with E-state index in [0.717, 1.165) is 10.5 Å². The second-order valence-electron chi connectivity index (χ2n) is 7.62. The van der Waals surface area contributed by atoms with Crippen LogP contribution in [-0.2, 0) is 27.9 Å². The van der Waals surface area contributed by atoms with Crippen molar-refractivity contribution >= 4 is 53.6 Å². The van der Waals surface area contributed by atoms with Gasteiger partial charge in [-0.1, -0.05) is 72.6 Å². The number of aliphatic carboxylic acids is 1. The molecule has 190 valence electrons. The summed E-state index contributed by atoms with van der Waals surface area (Å²) >= 11 is 18.0. The number of rotatable bonds is 11. The molecular weight excluding hydrogens is 544 g/mol. The van der Waals surface area contributed by atoms with Gasteiger partial charge in [0.1, 0.15) is 30.4 Å². The van der Waals surface area contributed by atoms with Crippen molar-refractivity contribution in [3.8, 4) is 11.5 Å². The Morgan fingerprint density at radius 2 is 1.50 bits per heavy atom. The van der Waals surface area contributed by atoms with Crippen LogP contribution in [0.3, 0.4) is 0 Å². The quantitative estimate of drug-likeness (QED) is 0.245.